The van der Waals surface area contributed by atoms with E-state index in [-0.39, 0.29) is 5.97 Å². The minimum atomic E-state index is -0.278. The van der Waals surface area contributed by atoms with Crippen molar-refractivity contribution in [3.8, 4) is 0 Å². The van der Waals surface area contributed by atoms with E-state index in [2.05, 4.69) is 43.0 Å². The number of rotatable bonds is 7. The van der Waals surface area contributed by atoms with Gasteiger partial charge >= 0.3 is 5.97 Å². The first-order valence-electron chi connectivity index (χ1n) is 10.1. The van der Waals surface area contributed by atoms with E-state index in [0.29, 0.717) is 17.4 Å². The van der Waals surface area contributed by atoms with Crippen molar-refractivity contribution in [3.63, 3.8) is 0 Å². The second kappa shape index (κ2) is 9.07. The highest BCUT2D eigenvalue weighted by Crippen LogP contribution is 2.29. The van der Waals surface area contributed by atoms with Gasteiger partial charge in [-0.2, -0.15) is 0 Å². The van der Waals surface area contributed by atoms with Crippen LogP contribution in [0.3, 0.4) is 0 Å². The Bertz CT molecular complexity index is 730. The number of carbonyl (C=O) groups is 1. The van der Waals surface area contributed by atoms with Gasteiger partial charge in [0.2, 0.25) is 0 Å². The molecule has 2 aromatic carbocycles. The Morgan fingerprint density at radius 2 is 1.37 bits per heavy atom. The average molecular weight is 366 g/mol. The standard InChI is InChI=1S/C24H31NO2/c1-18(20-8-10-22(11-9-20)24(26)27-3)6-7-19(2)21-12-14-23(15-13-21)25-16-4-5-17-25/h8-15,18-19H,4-7,16-17H2,1-3H3. The molecule has 27 heavy (non-hydrogen) atoms. The van der Waals surface area contributed by atoms with Crippen LogP contribution in [0.4, 0.5) is 5.69 Å². The van der Waals surface area contributed by atoms with Crippen molar-refractivity contribution in [3.05, 3.63) is 65.2 Å². The van der Waals surface area contributed by atoms with Crippen molar-refractivity contribution in [1.82, 2.24) is 0 Å². The minimum Gasteiger partial charge on any atom is -0.465 e. The summed E-state index contributed by atoms with van der Waals surface area (Å²) >= 11 is 0. The quantitative estimate of drug-likeness (QED) is 0.584. The van der Waals surface area contributed by atoms with Gasteiger partial charge in [-0.3, -0.25) is 0 Å². The summed E-state index contributed by atoms with van der Waals surface area (Å²) in [5.41, 5.74) is 4.67. The molecule has 3 rings (SSSR count). The van der Waals surface area contributed by atoms with E-state index in [1.165, 1.54) is 49.9 Å². The monoisotopic (exact) mass is 365 g/mol. The van der Waals surface area contributed by atoms with E-state index < -0.39 is 0 Å². The highest BCUT2D eigenvalue weighted by atomic mass is 16.5. The summed E-state index contributed by atoms with van der Waals surface area (Å²) in [5, 5.41) is 0. The van der Waals surface area contributed by atoms with E-state index in [0.717, 1.165) is 12.8 Å². The van der Waals surface area contributed by atoms with Crippen LogP contribution in [0.25, 0.3) is 0 Å². The molecule has 0 N–H and O–H groups in total. The molecule has 0 aliphatic carbocycles. The molecule has 0 spiro atoms. The zero-order valence-corrected chi connectivity index (χ0v) is 16.8. The Kier molecular flexibility index (Phi) is 6.54. The first-order valence-corrected chi connectivity index (χ1v) is 10.1. The van der Waals surface area contributed by atoms with E-state index in [9.17, 15) is 4.79 Å². The number of ether oxygens (including phenoxy) is 1. The van der Waals surface area contributed by atoms with Gasteiger partial charge < -0.3 is 9.64 Å². The van der Waals surface area contributed by atoms with Crippen LogP contribution in [0.2, 0.25) is 0 Å². The molecule has 2 unspecified atom stereocenters. The van der Waals surface area contributed by atoms with Gasteiger partial charge in [0.05, 0.1) is 12.7 Å². The summed E-state index contributed by atoms with van der Waals surface area (Å²) in [6.45, 7) is 6.97. The maximum absolute atomic E-state index is 11.5. The van der Waals surface area contributed by atoms with Crippen LogP contribution in [0.15, 0.2) is 48.5 Å². The number of esters is 1. The highest BCUT2D eigenvalue weighted by molar-refractivity contribution is 5.89. The second-order valence-electron chi connectivity index (χ2n) is 7.78. The van der Waals surface area contributed by atoms with Crippen LogP contribution in [-0.2, 0) is 4.74 Å². The largest absolute Gasteiger partial charge is 0.465 e. The maximum Gasteiger partial charge on any atom is 0.337 e. The van der Waals surface area contributed by atoms with E-state index in [1.54, 1.807) is 0 Å². The fourth-order valence-corrected chi connectivity index (χ4v) is 3.89. The lowest BCUT2D eigenvalue weighted by Gasteiger charge is -2.20. The van der Waals surface area contributed by atoms with Crippen LogP contribution < -0.4 is 4.90 Å². The molecule has 2 atom stereocenters. The topological polar surface area (TPSA) is 29.5 Å². The molecule has 144 valence electrons. The third kappa shape index (κ3) is 4.91. The van der Waals surface area contributed by atoms with Gasteiger partial charge in [-0.15, -0.1) is 0 Å². The number of methoxy groups -OCH3 is 1. The molecule has 1 aliphatic rings. The molecule has 0 radical (unpaired) electrons. The van der Waals surface area contributed by atoms with Crippen LogP contribution >= 0.6 is 0 Å². The Balaban J connectivity index is 1.53. The molecule has 1 fully saturated rings. The predicted octanol–water partition coefficient (Wildman–Crippen LogP) is 5.76. The predicted molar refractivity (Wildman–Crippen MR) is 112 cm³/mol. The highest BCUT2D eigenvalue weighted by Gasteiger charge is 2.14. The third-order valence-electron chi connectivity index (χ3n) is 5.87. The van der Waals surface area contributed by atoms with Crippen LogP contribution in [0.1, 0.15) is 72.9 Å². The normalized spacial score (nSPS) is 16.2. The Labute approximate surface area is 163 Å². The van der Waals surface area contributed by atoms with E-state index >= 15 is 0 Å². The summed E-state index contributed by atoms with van der Waals surface area (Å²) in [7, 11) is 1.41. The molecular weight excluding hydrogens is 334 g/mol. The molecule has 2 aromatic rings. The zero-order chi connectivity index (χ0) is 19.2. The second-order valence-corrected chi connectivity index (χ2v) is 7.78. The summed E-state index contributed by atoms with van der Waals surface area (Å²) in [4.78, 5) is 14.0. The number of carbonyl (C=O) groups excluding carboxylic acids is 1. The third-order valence-corrected chi connectivity index (χ3v) is 5.87. The Morgan fingerprint density at radius 1 is 0.889 bits per heavy atom. The molecule has 0 bridgehead atoms. The summed E-state index contributed by atoms with van der Waals surface area (Å²) in [6.07, 6.45) is 4.92. The number of anilines is 1. The number of nitrogens with zero attached hydrogens (tertiary/aromatic N) is 1. The summed E-state index contributed by atoms with van der Waals surface area (Å²) in [6, 6.07) is 17.0. The fourth-order valence-electron chi connectivity index (χ4n) is 3.89. The first kappa shape index (κ1) is 19.5. The van der Waals surface area contributed by atoms with Gasteiger partial charge in [0, 0.05) is 18.8 Å². The maximum atomic E-state index is 11.5. The molecule has 3 heteroatoms. The number of hydrogen-bond donors (Lipinski definition) is 0. The van der Waals surface area contributed by atoms with Gasteiger partial charge in [-0.05, 0) is 72.9 Å². The van der Waals surface area contributed by atoms with Gasteiger partial charge in [-0.1, -0.05) is 38.1 Å². The molecular formula is C24H31NO2. The SMILES string of the molecule is COC(=O)c1ccc(C(C)CCC(C)c2ccc(N3CCCC3)cc2)cc1. The van der Waals surface area contributed by atoms with Crippen molar-refractivity contribution < 1.29 is 9.53 Å². The molecule has 1 heterocycles. The molecule has 0 amide bonds. The number of benzene rings is 2. The van der Waals surface area contributed by atoms with Gasteiger partial charge in [-0.25, -0.2) is 4.79 Å². The first-order chi connectivity index (χ1) is 13.1. The Hall–Kier alpha value is -2.29. The van der Waals surface area contributed by atoms with Crippen molar-refractivity contribution in [2.45, 2.75) is 51.4 Å². The molecule has 3 nitrogen and oxygen atoms in total. The minimum absolute atomic E-state index is 0.278. The smallest absolute Gasteiger partial charge is 0.337 e. The van der Waals surface area contributed by atoms with Gasteiger partial charge in [0.1, 0.15) is 0 Å². The van der Waals surface area contributed by atoms with Crippen LogP contribution in [0.5, 0.6) is 0 Å². The van der Waals surface area contributed by atoms with Gasteiger partial charge in [0.15, 0.2) is 0 Å². The van der Waals surface area contributed by atoms with Crippen LogP contribution in [0, 0.1) is 0 Å². The molecule has 1 aliphatic heterocycles. The van der Waals surface area contributed by atoms with Crippen molar-refractivity contribution in [2.24, 2.45) is 0 Å². The van der Waals surface area contributed by atoms with Crippen molar-refractivity contribution >= 4 is 11.7 Å². The lowest BCUT2D eigenvalue weighted by atomic mass is 9.89. The van der Waals surface area contributed by atoms with Crippen molar-refractivity contribution in [2.75, 3.05) is 25.1 Å². The average Bonchev–Trinajstić information content (AvgIpc) is 3.26. The molecule has 0 saturated carbocycles. The molecule has 0 aromatic heterocycles. The fraction of sp³-hybridized carbons (Fsp3) is 0.458. The van der Waals surface area contributed by atoms with E-state index in [4.69, 9.17) is 4.74 Å². The molecule has 1 saturated heterocycles. The summed E-state index contributed by atoms with van der Waals surface area (Å²) < 4.78 is 4.76. The van der Waals surface area contributed by atoms with Crippen molar-refractivity contribution in [1.29, 1.82) is 0 Å². The Morgan fingerprint density at radius 3 is 1.85 bits per heavy atom. The van der Waals surface area contributed by atoms with Crippen LogP contribution in [-0.4, -0.2) is 26.2 Å². The lowest BCUT2D eigenvalue weighted by molar-refractivity contribution is 0.0600. The zero-order valence-electron chi connectivity index (χ0n) is 16.8. The van der Waals surface area contributed by atoms with E-state index in [1.807, 2.05) is 24.3 Å². The number of hydrogen-bond acceptors (Lipinski definition) is 3. The summed E-state index contributed by atoms with van der Waals surface area (Å²) in [5.74, 6) is 0.748. The van der Waals surface area contributed by atoms with Gasteiger partial charge in [0.25, 0.3) is 0 Å². The lowest BCUT2D eigenvalue weighted by Crippen LogP contribution is -2.17.